The summed E-state index contributed by atoms with van der Waals surface area (Å²) in [7, 11) is 0. The molecule has 150 valence electrons. The van der Waals surface area contributed by atoms with Crippen LogP contribution < -0.4 is 4.90 Å². The zero-order chi connectivity index (χ0) is 20.3. The molecule has 1 saturated heterocycles. The quantitative estimate of drug-likeness (QED) is 0.420. The third-order valence-corrected chi connectivity index (χ3v) is 5.36. The number of amides is 1. The minimum absolute atomic E-state index is 0.0526. The van der Waals surface area contributed by atoms with Crippen LogP contribution in [0.15, 0.2) is 29.4 Å². The second kappa shape index (κ2) is 8.13. The summed E-state index contributed by atoms with van der Waals surface area (Å²) in [6.45, 7) is 8.62. The molecule has 2 heterocycles. The van der Waals surface area contributed by atoms with Gasteiger partial charge < -0.3 is 9.80 Å². The summed E-state index contributed by atoms with van der Waals surface area (Å²) < 4.78 is 1.72. The first-order valence-corrected chi connectivity index (χ1v) is 9.93. The number of carbonyl (C=O) groups is 1. The molecule has 0 radical (unpaired) electrons. The Morgan fingerprint density at radius 2 is 1.82 bits per heavy atom. The van der Waals surface area contributed by atoms with Crippen molar-refractivity contribution in [3.63, 3.8) is 0 Å². The number of tetrazole rings is 1. The number of nitro benzene ring substituents is 1. The minimum atomic E-state index is -0.409. The topological polar surface area (TPSA) is 110 Å². The third kappa shape index (κ3) is 4.58. The summed E-state index contributed by atoms with van der Waals surface area (Å²) in [5.74, 6) is 0.338. The van der Waals surface area contributed by atoms with Gasteiger partial charge in [-0.1, -0.05) is 11.8 Å². The van der Waals surface area contributed by atoms with Gasteiger partial charge in [0.25, 0.3) is 5.69 Å². The molecule has 0 N–H and O–H groups in total. The van der Waals surface area contributed by atoms with Gasteiger partial charge in [0.1, 0.15) is 0 Å². The van der Waals surface area contributed by atoms with E-state index in [-0.39, 0.29) is 22.9 Å². The highest BCUT2D eigenvalue weighted by atomic mass is 32.2. The SMILES string of the molecule is CC(C)(C)n1nnnc1SCC(=O)N1CCN(c2ccc([N+](=O)[O-])cc2)CC1. The van der Waals surface area contributed by atoms with Crippen molar-refractivity contribution in [3.8, 4) is 0 Å². The lowest BCUT2D eigenvalue weighted by molar-refractivity contribution is -0.384. The van der Waals surface area contributed by atoms with Crippen LogP contribution in [0.5, 0.6) is 0 Å². The summed E-state index contributed by atoms with van der Waals surface area (Å²) in [6, 6.07) is 6.50. The molecule has 1 aromatic heterocycles. The maximum Gasteiger partial charge on any atom is 0.269 e. The van der Waals surface area contributed by atoms with E-state index in [0.717, 1.165) is 5.69 Å². The van der Waals surface area contributed by atoms with Gasteiger partial charge in [0.05, 0.1) is 16.2 Å². The second-order valence-corrected chi connectivity index (χ2v) is 8.42. The molecule has 1 amide bonds. The fourth-order valence-corrected chi connectivity index (χ4v) is 3.87. The van der Waals surface area contributed by atoms with E-state index in [4.69, 9.17) is 0 Å². The Morgan fingerprint density at radius 1 is 1.18 bits per heavy atom. The number of nitrogens with zero attached hydrogens (tertiary/aromatic N) is 7. The molecule has 10 nitrogen and oxygen atoms in total. The molecule has 3 rings (SSSR count). The van der Waals surface area contributed by atoms with Gasteiger partial charge in [-0.25, -0.2) is 4.68 Å². The molecule has 0 aliphatic carbocycles. The Hall–Kier alpha value is -2.69. The number of piperazine rings is 1. The molecule has 0 saturated carbocycles. The maximum atomic E-state index is 12.6. The number of anilines is 1. The first-order chi connectivity index (χ1) is 13.3. The lowest BCUT2D eigenvalue weighted by Crippen LogP contribution is -2.49. The molecule has 28 heavy (non-hydrogen) atoms. The van der Waals surface area contributed by atoms with Crippen LogP contribution in [0.25, 0.3) is 0 Å². The molecule has 1 aliphatic rings. The monoisotopic (exact) mass is 405 g/mol. The number of hydrogen-bond donors (Lipinski definition) is 0. The lowest BCUT2D eigenvalue weighted by Gasteiger charge is -2.36. The number of thioether (sulfide) groups is 1. The standard InChI is InChI=1S/C17H23N7O3S/c1-17(2,3)23-16(18-19-20-23)28-12-15(25)22-10-8-21(9-11-22)13-4-6-14(7-5-13)24(26)27/h4-7H,8-12H2,1-3H3. The van der Waals surface area contributed by atoms with Crippen LogP contribution >= 0.6 is 11.8 Å². The predicted octanol–water partition coefficient (Wildman–Crippen LogP) is 1.78. The highest BCUT2D eigenvalue weighted by molar-refractivity contribution is 7.99. The van der Waals surface area contributed by atoms with E-state index in [9.17, 15) is 14.9 Å². The molecule has 0 spiro atoms. The van der Waals surface area contributed by atoms with Crippen LogP contribution in [0.4, 0.5) is 11.4 Å². The molecule has 1 fully saturated rings. The Kier molecular flexibility index (Phi) is 5.82. The fraction of sp³-hybridized carbons (Fsp3) is 0.529. The second-order valence-electron chi connectivity index (χ2n) is 7.47. The Balaban J connectivity index is 1.51. The van der Waals surface area contributed by atoms with Crippen molar-refractivity contribution in [2.75, 3.05) is 36.8 Å². The van der Waals surface area contributed by atoms with Gasteiger partial charge in [-0.05, 0) is 43.3 Å². The molecule has 0 bridgehead atoms. The van der Waals surface area contributed by atoms with Crippen LogP contribution in [0, 0.1) is 10.1 Å². The van der Waals surface area contributed by atoms with Gasteiger partial charge >= 0.3 is 0 Å². The molecule has 0 unspecified atom stereocenters. The van der Waals surface area contributed by atoms with Crippen molar-refractivity contribution in [3.05, 3.63) is 34.4 Å². The molecule has 1 aromatic carbocycles. The predicted molar refractivity (Wildman–Crippen MR) is 105 cm³/mol. The number of benzene rings is 1. The third-order valence-electron chi connectivity index (χ3n) is 4.46. The lowest BCUT2D eigenvalue weighted by atomic mass is 10.1. The van der Waals surface area contributed by atoms with Crippen LogP contribution in [0.1, 0.15) is 20.8 Å². The van der Waals surface area contributed by atoms with Crippen molar-refractivity contribution < 1.29 is 9.72 Å². The van der Waals surface area contributed by atoms with Crippen molar-refractivity contribution in [2.24, 2.45) is 0 Å². The fourth-order valence-electron chi connectivity index (χ4n) is 2.91. The molecular weight excluding hydrogens is 382 g/mol. The number of non-ortho nitro benzene ring substituents is 1. The van der Waals surface area contributed by atoms with Crippen LogP contribution in [-0.2, 0) is 10.3 Å². The summed E-state index contributed by atoms with van der Waals surface area (Å²) in [4.78, 5) is 26.9. The summed E-state index contributed by atoms with van der Waals surface area (Å²) in [5.41, 5.74) is 0.759. The van der Waals surface area contributed by atoms with Gasteiger partial charge in [-0.15, -0.1) is 5.10 Å². The van der Waals surface area contributed by atoms with Gasteiger partial charge in [0.2, 0.25) is 11.1 Å². The molecule has 11 heteroatoms. The highest BCUT2D eigenvalue weighted by Gasteiger charge is 2.24. The number of aromatic nitrogens is 4. The zero-order valence-electron chi connectivity index (χ0n) is 16.1. The molecule has 0 atom stereocenters. The van der Waals surface area contributed by atoms with Crippen LogP contribution in [0.2, 0.25) is 0 Å². The van der Waals surface area contributed by atoms with Gasteiger partial charge in [0.15, 0.2) is 0 Å². The Bertz CT molecular complexity index is 839. The first kappa shape index (κ1) is 20.1. The first-order valence-electron chi connectivity index (χ1n) is 8.94. The van der Waals surface area contributed by atoms with E-state index in [0.29, 0.717) is 31.3 Å². The van der Waals surface area contributed by atoms with Crippen molar-refractivity contribution in [1.29, 1.82) is 0 Å². The largest absolute Gasteiger partial charge is 0.368 e. The number of nitro groups is 1. The van der Waals surface area contributed by atoms with Gasteiger partial charge in [-0.3, -0.25) is 14.9 Å². The smallest absolute Gasteiger partial charge is 0.269 e. The number of carbonyl (C=O) groups excluding carboxylic acids is 1. The number of rotatable bonds is 5. The molecular formula is C17H23N7O3S. The average molecular weight is 405 g/mol. The molecule has 1 aliphatic heterocycles. The van der Waals surface area contributed by atoms with Crippen molar-refractivity contribution in [1.82, 2.24) is 25.1 Å². The van der Waals surface area contributed by atoms with Crippen molar-refractivity contribution >= 4 is 29.0 Å². The highest BCUT2D eigenvalue weighted by Crippen LogP contribution is 2.23. The maximum absolute atomic E-state index is 12.6. The van der Waals surface area contributed by atoms with Crippen molar-refractivity contribution in [2.45, 2.75) is 31.5 Å². The van der Waals surface area contributed by atoms with E-state index in [1.165, 1.54) is 23.9 Å². The normalized spacial score (nSPS) is 15.0. The van der Waals surface area contributed by atoms with Crippen LogP contribution in [0.3, 0.4) is 0 Å². The van der Waals surface area contributed by atoms with E-state index in [1.807, 2.05) is 25.7 Å². The van der Waals surface area contributed by atoms with Gasteiger partial charge in [-0.2, -0.15) is 0 Å². The Morgan fingerprint density at radius 3 is 2.39 bits per heavy atom. The van der Waals surface area contributed by atoms with Crippen LogP contribution in [-0.4, -0.2) is 67.9 Å². The zero-order valence-corrected chi connectivity index (χ0v) is 16.9. The number of hydrogen-bond acceptors (Lipinski definition) is 8. The van der Waals surface area contributed by atoms with E-state index >= 15 is 0 Å². The summed E-state index contributed by atoms with van der Waals surface area (Å²) in [6.07, 6.45) is 0. The minimum Gasteiger partial charge on any atom is -0.368 e. The van der Waals surface area contributed by atoms with E-state index in [2.05, 4.69) is 20.4 Å². The van der Waals surface area contributed by atoms with E-state index in [1.54, 1.807) is 16.8 Å². The average Bonchev–Trinajstić information content (AvgIpc) is 3.15. The van der Waals surface area contributed by atoms with Gasteiger partial charge in [0, 0.05) is 44.0 Å². The van der Waals surface area contributed by atoms with E-state index < -0.39 is 4.92 Å². The Labute approximate surface area is 167 Å². The summed E-state index contributed by atoms with van der Waals surface area (Å²) in [5, 5.41) is 23.1. The summed E-state index contributed by atoms with van der Waals surface area (Å²) >= 11 is 1.34. The molecule has 2 aromatic rings.